The molecule has 6 N–H and O–H groups in total. The van der Waals surface area contributed by atoms with Crippen LogP contribution in [0, 0.1) is 0 Å². The van der Waals surface area contributed by atoms with Crippen LogP contribution in [-0.4, -0.2) is 32.6 Å². The van der Waals surface area contributed by atoms with E-state index in [9.17, 15) is 23.8 Å². The van der Waals surface area contributed by atoms with Gasteiger partial charge in [-0.05, 0) is 30.0 Å². The van der Waals surface area contributed by atoms with Crippen LogP contribution in [0.4, 0.5) is 0 Å². The van der Waals surface area contributed by atoms with Gasteiger partial charge in [-0.1, -0.05) is 30.3 Å². The van der Waals surface area contributed by atoms with E-state index in [1.807, 2.05) is 0 Å². The second kappa shape index (κ2) is 8.25. The van der Waals surface area contributed by atoms with Crippen LogP contribution in [-0.2, 0) is 18.6 Å². The number of hydrogen-bond acceptors (Lipinski definition) is 5. The molecule has 0 saturated carbocycles. The predicted molar refractivity (Wildman–Crippen MR) is 85.5 cm³/mol. The number of allylic oxidation sites excluding steroid dienone is 1. The van der Waals surface area contributed by atoms with Gasteiger partial charge in [0, 0.05) is 0 Å². The largest absolute Gasteiger partial charge is 1.00 e. The predicted octanol–water partition coefficient (Wildman–Crippen LogP) is -1.58. The Morgan fingerprint density at radius 1 is 1.25 bits per heavy atom. The van der Waals surface area contributed by atoms with Gasteiger partial charge in [-0.2, -0.15) is 0 Å². The molecule has 1 aliphatic rings. The summed E-state index contributed by atoms with van der Waals surface area (Å²) < 4.78 is 29.7. The van der Waals surface area contributed by atoms with Crippen LogP contribution in [0.2, 0.25) is 0 Å². The topological polar surface area (TPSA) is 150 Å². The van der Waals surface area contributed by atoms with E-state index in [0.717, 1.165) is 6.08 Å². The molecule has 0 saturated heterocycles. The minimum Gasteiger partial charge on any atom is -1.00 e. The van der Waals surface area contributed by atoms with Gasteiger partial charge in [0.1, 0.15) is 6.23 Å². The number of fused-ring (bicyclic) bond motifs is 1. The third-order valence-corrected chi connectivity index (χ3v) is 8.24. The summed E-state index contributed by atoms with van der Waals surface area (Å²) in [6.07, 6.45) is 1.65. The van der Waals surface area contributed by atoms with Crippen LogP contribution in [0.15, 0.2) is 30.3 Å². The van der Waals surface area contributed by atoms with Crippen molar-refractivity contribution >= 4 is 21.3 Å². The molecule has 0 aromatic heterocycles. The van der Waals surface area contributed by atoms with E-state index < -0.39 is 26.3 Å². The van der Waals surface area contributed by atoms with Crippen molar-refractivity contribution < 1.29 is 64.4 Å². The van der Waals surface area contributed by atoms with Crippen LogP contribution < -0.4 is 35.3 Å². The van der Waals surface area contributed by atoms with E-state index in [0.29, 0.717) is 5.56 Å². The van der Waals surface area contributed by atoms with Crippen LogP contribution in [0.1, 0.15) is 25.4 Å². The molecule has 0 spiro atoms. The molecule has 24 heavy (non-hydrogen) atoms. The van der Waals surface area contributed by atoms with Crippen LogP contribution in [0.3, 0.4) is 0 Å². The molecule has 0 heterocycles. The SMILES string of the molecule is NC(O)CCCOP(=O)(O)C1(P(=O)(O)O)C=Cc2ccccc21.[H-].[Na+]. The first-order valence-corrected chi connectivity index (χ1v) is 10.1. The van der Waals surface area contributed by atoms with Crippen molar-refractivity contribution in [2.45, 2.75) is 24.0 Å². The first kappa shape index (κ1) is 22.2. The molecule has 0 aliphatic heterocycles. The molecule has 0 fully saturated rings. The van der Waals surface area contributed by atoms with Gasteiger partial charge in [-0.25, -0.2) is 0 Å². The minimum atomic E-state index is -5.06. The van der Waals surface area contributed by atoms with Crippen molar-refractivity contribution in [1.29, 1.82) is 0 Å². The summed E-state index contributed by atoms with van der Waals surface area (Å²) in [6, 6.07) is 6.17. The van der Waals surface area contributed by atoms with Crippen LogP contribution in [0.5, 0.6) is 0 Å². The van der Waals surface area contributed by atoms with Gasteiger partial charge in [-0.15, -0.1) is 0 Å². The van der Waals surface area contributed by atoms with E-state index in [2.05, 4.69) is 0 Å². The molecule has 3 atom stereocenters. The Balaban J connectivity index is 0.00000288. The number of aliphatic hydroxyl groups is 1. The van der Waals surface area contributed by atoms with E-state index in [-0.39, 0.29) is 56.0 Å². The third kappa shape index (κ3) is 4.11. The molecular weight excluding hydrogens is 367 g/mol. The van der Waals surface area contributed by atoms with Gasteiger partial charge < -0.3 is 31.5 Å². The Bertz CT molecular complexity index is 711. The fourth-order valence-electron chi connectivity index (χ4n) is 2.52. The average molecular weight is 387 g/mol. The summed E-state index contributed by atoms with van der Waals surface area (Å²) >= 11 is 0. The summed E-state index contributed by atoms with van der Waals surface area (Å²) in [4.78, 5) is 27.5. The van der Waals surface area contributed by atoms with Gasteiger partial charge in [0.2, 0.25) is 4.90 Å². The zero-order valence-electron chi connectivity index (χ0n) is 14.1. The van der Waals surface area contributed by atoms with Crippen molar-refractivity contribution in [3.05, 3.63) is 41.5 Å². The second-order valence-corrected chi connectivity index (χ2v) is 9.40. The Labute approximate surface area is 163 Å². The van der Waals surface area contributed by atoms with Gasteiger partial charge in [0.15, 0.2) is 0 Å². The van der Waals surface area contributed by atoms with Gasteiger partial charge >= 0.3 is 44.7 Å². The first-order chi connectivity index (χ1) is 10.6. The fraction of sp³-hybridized carbons (Fsp3) is 0.385. The van der Waals surface area contributed by atoms with Gasteiger partial charge in [0.25, 0.3) is 0 Å². The van der Waals surface area contributed by atoms with Crippen molar-refractivity contribution in [1.82, 2.24) is 0 Å². The minimum absolute atomic E-state index is 0. The number of aliphatic hydroxyl groups excluding tert-OH is 1. The maximum atomic E-state index is 12.7. The maximum Gasteiger partial charge on any atom is 1.00 e. The summed E-state index contributed by atoms with van der Waals surface area (Å²) in [5.41, 5.74) is 5.66. The molecule has 2 rings (SSSR count). The Morgan fingerprint density at radius 3 is 2.46 bits per heavy atom. The average Bonchev–Trinajstić information content (AvgIpc) is 2.84. The van der Waals surface area contributed by atoms with Crippen molar-refractivity contribution in [2.75, 3.05) is 6.61 Å². The standard InChI is InChI=1S/C13H19NO7P2.Na.H/c14-12(15)6-3-9-21-23(19,20)13(22(16,17)18)8-7-10-4-1-2-5-11(10)13;;/h1-2,4-5,7-8,12,15H,3,6,9,14H2,(H,19,20)(H2,16,17,18);;/q;+1;-1. The Morgan fingerprint density at radius 2 is 1.88 bits per heavy atom. The zero-order chi connectivity index (χ0) is 17.3. The number of nitrogens with two attached hydrogens (primary N) is 1. The quantitative estimate of drug-likeness (QED) is 0.163. The summed E-state index contributed by atoms with van der Waals surface area (Å²) in [5.74, 6) is 0. The first-order valence-electron chi connectivity index (χ1n) is 6.87. The Kier molecular flexibility index (Phi) is 7.64. The van der Waals surface area contributed by atoms with E-state index in [4.69, 9.17) is 15.4 Å². The van der Waals surface area contributed by atoms with Crippen molar-refractivity contribution in [2.24, 2.45) is 5.73 Å². The monoisotopic (exact) mass is 387 g/mol. The number of benzene rings is 1. The smallest absolute Gasteiger partial charge is 1.00 e. The van der Waals surface area contributed by atoms with E-state index >= 15 is 0 Å². The van der Waals surface area contributed by atoms with Crippen LogP contribution in [0.25, 0.3) is 6.08 Å². The number of rotatable bonds is 7. The summed E-state index contributed by atoms with van der Waals surface area (Å²) in [7, 11) is -9.82. The molecule has 0 bridgehead atoms. The molecule has 130 valence electrons. The van der Waals surface area contributed by atoms with Gasteiger partial charge in [0.05, 0.1) is 6.61 Å². The zero-order valence-corrected chi connectivity index (χ0v) is 16.9. The maximum absolute atomic E-state index is 12.7. The molecule has 0 radical (unpaired) electrons. The molecular formula is C13H20NNaO7P2. The van der Waals surface area contributed by atoms with Crippen LogP contribution >= 0.6 is 15.2 Å². The summed E-state index contributed by atoms with van der Waals surface area (Å²) in [5, 5.41) is 8.96. The molecule has 3 unspecified atom stereocenters. The third-order valence-electron chi connectivity index (χ3n) is 3.64. The number of hydrogen-bond donors (Lipinski definition) is 5. The molecule has 8 nitrogen and oxygen atoms in total. The summed E-state index contributed by atoms with van der Waals surface area (Å²) in [6.45, 7) is -0.264. The normalized spacial score (nSPS) is 23.2. The fourth-order valence-corrected chi connectivity index (χ4v) is 6.14. The molecule has 11 heteroatoms. The second-order valence-electron chi connectivity index (χ2n) is 5.25. The van der Waals surface area contributed by atoms with E-state index in [1.54, 1.807) is 12.1 Å². The molecule has 0 amide bonds. The Hall–Kier alpha value is 0.180. The van der Waals surface area contributed by atoms with E-state index in [1.165, 1.54) is 18.2 Å². The van der Waals surface area contributed by atoms with Crippen molar-refractivity contribution in [3.63, 3.8) is 0 Å². The molecule has 1 aromatic rings. The molecule has 1 aliphatic carbocycles. The van der Waals surface area contributed by atoms with Gasteiger partial charge in [-0.3, -0.25) is 9.13 Å². The van der Waals surface area contributed by atoms with Crippen molar-refractivity contribution in [3.8, 4) is 0 Å². The molecule has 1 aromatic carbocycles.